The number of nitrogens with zero attached hydrogens (tertiary/aromatic N) is 1. The third-order valence-electron chi connectivity index (χ3n) is 4.46. The fourth-order valence-corrected chi connectivity index (χ4v) is 2.96. The van der Waals surface area contributed by atoms with Gasteiger partial charge in [0.05, 0.1) is 17.2 Å². The average molecular weight is 496 g/mol. The second-order valence-corrected chi connectivity index (χ2v) is 8.58. The molecule has 1 amide bonds. The van der Waals surface area contributed by atoms with Crippen LogP contribution in [-0.4, -0.2) is 22.8 Å². The summed E-state index contributed by atoms with van der Waals surface area (Å²) in [5, 5.41) is 20.7. The van der Waals surface area contributed by atoms with E-state index < -0.39 is 35.0 Å². The molecule has 0 radical (unpaired) electrons. The van der Waals surface area contributed by atoms with Gasteiger partial charge in [0.25, 0.3) is 0 Å². The second-order valence-electron chi connectivity index (χ2n) is 8.58. The molecule has 0 fully saturated rings. The number of hydrogen-bond acceptors (Lipinski definition) is 6. The molecule has 0 spiro atoms. The van der Waals surface area contributed by atoms with Gasteiger partial charge < -0.3 is 24.6 Å². The summed E-state index contributed by atoms with van der Waals surface area (Å²) in [5.41, 5.74) is -0.449. The molecule has 0 unspecified atom stereocenters. The van der Waals surface area contributed by atoms with Crippen LogP contribution in [0.25, 0.3) is 0 Å². The quantitative estimate of drug-likeness (QED) is 0.403. The van der Waals surface area contributed by atoms with Crippen LogP contribution in [0.2, 0.25) is 0 Å². The van der Waals surface area contributed by atoms with Gasteiger partial charge in [0.15, 0.2) is 17.4 Å². The SMILES string of the molecule is CC(C)(C)OC(=O)NCc1cc(F)c(Oc2cc(Oc3ccc(C#N)cc3)cc(C(=O)O)c2)c(F)c1. The first kappa shape index (κ1) is 26.0. The highest BCUT2D eigenvalue weighted by Gasteiger charge is 2.19. The lowest BCUT2D eigenvalue weighted by molar-refractivity contribution is 0.0522. The van der Waals surface area contributed by atoms with Crippen LogP contribution in [0.3, 0.4) is 0 Å². The van der Waals surface area contributed by atoms with E-state index in [1.54, 1.807) is 20.8 Å². The van der Waals surface area contributed by atoms with Gasteiger partial charge in [0, 0.05) is 12.6 Å². The molecule has 0 saturated heterocycles. The van der Waals surface area contributed by atoms with Gasteiger partial charge in [-0.05, 0) is 74.9 Å². The highest BCUT2D eigenvalue weighted by atomic mass is 19.1. The number of nitriles is 1. The Morgan fingerprint density at radius 3 is 2.06 bits per heavy atom. The normalized spacial score (nSPS) is 10.8. The number of carboxylic acids is 1. The predicted octanol–water partition coefficient (Wildman–Crippen LogP) is 6.14. The molecule has 3 rings (SSSR count). The molecule has 186 valence electrons. The van der Waals surface area contributed by atoms with Crippen molar-refractivity contribution in [2.75, 3.05) is 0 Å². The maximum absolute atomic E-state index is 14.7. The second kappa shape index (κ2) is 10.7. The molecule has 2 N–H and O–H groups in total. The highest BCUT2D eigenvalue weighted by Crippen LogP contribution is 2.33. The Kier molecular flexibility index (Phi) is 7.74. The summed E-state index contributed by atoms with van der Waals surface area (Å²) in [6.45, 7) is 4.84. The molecule has 8 nitrogen and oxygen atoms in total. The molecule has 3 aromatic rings. The lowest BCUT2D eigenvalue weighted by Gasteiger charge is -2.19. The van der Waals surface area contributed by atoms with Crippen molar-refractivity contribution in [1.29, 1.82) is 5.26 Å². The fraction of sp³-hybridized carbons (Fsp3) is 0.192. The number of rotatable bonds is 7. The van der Waals surface area contributed by atoms with Crippen LogP contribution in [0.4, 0.5) is 13.6 Å². The van der Waals surface area contributed by atoms with E-state index in [4.69, 9.17) is 19.5 Å². The van der Waals surface area contributed by atoms with E-state index >= 15 is 0 Å². The van der Waals surface area contributed by atoms with Gasteiger partial charge >= 0.3 is 12.1 Å². The van der Waals surface area contributed by atoms with Crippen LogP contribution >= 0.6 is 0 Å². The van der Waals surface area contributed by atoms with Crippen molar-refractivity contribution in [3.8, 4) is 29.1 Å². The van der Waals surface area contributed by atoms with E-state index in [1.165, 1.54) is 36.4 Å². The first-order chi connectivity index (χ1) is 16.9. The number of benzene rings is 3. The Hall–Kier alpha value is -4.65. The average Bonchev–Trinajstić information content (AvgIpc) is 2.79. The van der Waals surface area contributed by atoms with Crippen molar-refractivity contribution in [3.63, 3.8) is 0 Å². The zero-order chi connectivity index (χ0) is 26.5. The number of hydrogen-bond donors (Lipinski definition) is 2. The van der Waals surface area contributed by atoms with Gasteiger partial charge in [-0.15, -0.1) is 0 Å². The third-order valence-corrected chi connectivity index (χ3v) is 4.46. The van der Waals surface area contributed by atoms with Crippen molar-refractivity contribution in [2.24, 2.45) is 0 Å². The fourth-order valence-electron chi connectivity index (χ4n) is 2.96. The number of alkyl carbamates (subject to hydrolysis) is 1. The molecule has 0 aliphatic rings. The van der Waals surface area contributed by atoms with Crippen LogP contribution in [0.15, 0.2) is 54.6 Å². The lowest BCUT2D eigenvalue weighted by atomic mass is 10.2. The molecule has 36 heavy (non-hydrogen) atoms. The molecule has 0 heterocycles. The first-order valence-electron chi connectivity index (χ1n) is 10.6. The van der Waals surface area contributed by atoms with Gasteiger partial charge in [0.1, 0.15) is 22.8 Å². The third kappa shape index (κ3) is 7.17. The number of carbonyl (C=O) groups excluding carboxylic acids is 1. The van der Waals surface area contributed by atoms with Gasteiger partial charge in [-0.2, -0.15) is 5.26 Å². The number of carboxylic acid groups (broad SMARTS) is 1. The van der Waals surface area contributed by atoms with Gasteiger partial charge in [-0.1, -0.05) is 0 Å². The summed E-state index contributed by atoms with van der Waals surface area (Å²) in [6.07, 6.45) is -0.746. The maximum Gasteiger partial charge on any atom is 0.407 e. The van der Waals surface area contributed by atoms with Crippen LogP contribution in [0, 0.1) is 23.0 Å². The van der Waals surface area contributed by atoms with Crippen molar-refractivity contribution >= 4 is 12.1 Å². The summed E-state index contributed by atoms with van der Waals surface area (Å²) in [6, 6.07) is 13.5. The molecule has 10 heteroatoms. The van der Waals surface area contributed by atoms with Crippen molar-refractivity contribution < 1.29 is 37.7 Å². The molecule has 0 aliphatic heterocycles. The van der Waals surface area contributed by atoms with E-state index in [-0.39, 0.29) is 29.2 Å². The van der Waals surface area contributed by atoms with Crippen LogP contribution in [0.1, 0.15) is 42.3 Å². The summed E-state index contributed by atoms with van der Waals surface area (Å²) in [7, 11) is 0. The Balaban J connectivity index is 1.81. The minimum absolute atomic E-state index is 0.0357. The molecule has 3 aromatic carbocycles. The molecule has 0 bridgehead atoms. The summed E-state index contributed by atoms with van der Waals surface area (Å²) in [5.74, 6) is -4.04. The minimum atomic E-state index is -1.31. The van der Waals surface area contributed by atoms with Crippen molar-refractivity contribution in [2.45, 2.75) is 32.9 Å². The smallest absolute Gasteiger partial charge is 0.407 e. The largest absolute Gasteiger partial charge is 0.478 e. The van der Waals surface area contributed by atoms with Gasteiger partial charge in [-0.3, -0.25) is 0 Å². The van der Waals surface area contributed by atoms with Crippen LogP contribution in [-0.2, 0) is 11.3 Å². The summed E-state index contributed by atoms with van der Waals surface area (Å²) < 4.78 is 45.4. The predicted molar refractivity (Wildman–Crippen MR) is 124 cm³/mol. The van der Waals surface area contributed by atoms with E-state index in [2.05, 4.69) is 5.32 Å². The Labute approximate surface area is 205 Å². The van der Waals surface area contributed by atoms with Crippen LogP contribution in [0.5, 0.6) is 23.0 Å². The van der Waals surface area contributed by atoms with E-state index in [0.717, 1.165) is 18.2 Å². The summed E-state index contributed by atoms with van der Waals surface area (Å²) in [4.78, 5) is 23.3. The lowest BCUT2D eigenvalue weighted by Crippen LogP contribution is -2.32. The van der Waals surface area contributed by atoms with Gasteiger partial charge in [-0.25, -0.2) is 18.4 Å². The topological polar surface area (TPSA) is 118 Å². The first-order valence-corrected chi connectivity index (χ1v) is 10.6. The monoisotopic (exact) mass is 496 g/mol. The van der Waals surface area contributed by atoms with Crippen molar-refractivity contribution in [1.82, 2.24) is 5.32 Å². The Bertz CT molecular complexity index is 1300. The Morgan fingerprint density at radius 1 is 0.944 bits per heavy atom. The number of carbonyl (C=O) groups is 2. The number of halogens is 2. The summed E-state index contributed by atoms with van der Waals surface area (Å²) >= 11 is 0. The number of amides is 1. The van der Waals surface area contributed by atoms with Crippen molar-refractivity contribution in [3.05, 3.63) is 82.9 Å². The zero-order valence-corrected chi connectivity index (χ0v) is 19.6. The standard InChI is InChI=1S/C26H22F2N2O6/c1-26(2,3)36-25(33)30-14-16-8-21(27)23(22(28)9-16)35-20-11-17(24(31)32)10-19(12-20)34-18-6-4-15(13-29)5-7-18/h4-12H,14H2,1-3H3,(H,30,33)(H,31,32). The molecule has 0 saturated carbocycles. The molecule has 0 aromatic heterocycles. The number of ether oxygens (including phenoxy) is 3. The number of nitrogens with one attached hydrogen (secondary N) is 1. The molecular weight excluding hydrogens is 474 g/mol. The molecular formula is C26H22F2N2O6. The van der Waals surface area contributed by atoms with Gasteiger partial charge in [0.2, 0.25) is 0 Å². The zero-order valence-electron chi connectivity index (χ0n) is 19.6. The van der Waals surface area contributed by atoms with E-state index in [0.29, 0.717) is 11.3 Å². The van der Waals surface area contributed by atoms with Crippen LogP contribution < -0.4 is 14.8 Å². The Morgan fingerprint density at radius 2 is 1.53 bits per heavy atom. The molecule has 0 aliphatic carbocycles. The van der Waals surface area contributed by atoms with E-state index in [1.807, 2.05) is 6.07 Å². The number of aromatic carboxylic acids is 1. The minimum Gasteiger partial charge on any atom is -0.478 e. The highest BCUT2D eigenvalue weighted by molar-refractivity contribution is 5.88. The van der Waals surface area contributed by atoms with E-state index in [9.17, 15) is 23.5 Å². The molecule has 0 atom stereocenters. The maximum atomic E-state index is 14.7.